The van der Waals surface area contributed by atoms with Crippen molar-refractivity contribution in [1.82, 2.24) is 0 Å². The minimum atomic E-state index is -0.812. The zero-order valence-corrected chi connectivity index (χ0v) is 47.2. The first-order chi connectivity index (χ1) is 35.5. The molecule has 0 saturated carbocycles. The molecule has 0 saturated heterocycles. The van der Waals surface area contributed by atoms with Crippen LogP contribution in [0.3, 0.4) is 0 Å². The lowest BCUT2D eigenvalue weighted by Gasteiger charge is -2.18. The van der Waals surface area contributed by atoms with Crippen LogP contribution in [-0.2, 0) is 28.6 Å². The summed E-state index contributed by atoms with van der Waals surface area (Å²) < 4.78 is 16.8. The van der Waals surface area contributed by atoms with Crippen molar-refractivity contribution in [3.05, 3.63) is 97.2 Å². The van der Waals surface area contributed by atoms with Crippen molar-refractivity contribution in [2.75, 3.05) is 13.2 Å². The van der Waals surface area contributed by atoms with E-state index >= 15 is 0 Å². The van der Waals surface area contributed by atoms with Gasteiger partial charge in [0.1, 0.15) is 13.2 Å². The quantitative estimate of drug-likeness (QED) is 0.0199. The van der Waals surface area contributed by atoms with Crippen molar-refractivity contribution in [2.45, 2.75) is 290 Å². The number of rotatable bonds is 54. The number of ether oxygens (including phenoxy) is 3. The van der Waals surface area contributed by atoms with Gasteiger partial charge in [-0.05, 0) is 83.5 Å². The second-order valence-electron chi connectivity index (χ2n) is 19.9. The van der Waals surface area contributed by atoms with Crippen LogP contribution in [0.4, 0.5) is 0 Å². The maximum atomic E-state index is 12.9. The first kappa shape index (κ1) is 68.3. The Labute approximate surface area is 445 Å². The molecule has 6 nitrogen and oxygen atoms in total. The van der Waals surface area contributed by atoms with E-state index in [0.717, 1.165) is 103 Å². The van der Waals surface area contributed by atoms with E-state index in [2.05, 4.69) is 118 Å². The van der Waals surface area contributed by atoms with Crippen molar-refractivity contribution in [3.63, 3.8) is 0 Å². The Hall–Kier alpha value is -3.67. The molecule has 0 aromatic rings. The Balaban J connectivity index is 4.48. The second-order valence-corrected chi connectivity index (χ2v) is 19.9. The smallest absolute Gasteiger partial charge is 0.306 e. The summed E-state index contributed by atoms with van der Waals surface area (Å²) in [4.78, 5) is 38.2. The third-order valence-electron chi connectivity index (χ3n) is 12.9. The van der Waals surface area contributed by atoms with Gasteiger partial charge < -0.3 is 14.2 Å². The predicted octanol–water partition coefficient (Wildman–Crippen LogP) is 20.5. The molecule has 1 atom stereocenters. The molecule has 0 spiro atoms. The maximum absolute atomic E-state index is 12.9. The molecule has 412 valence electrons. The van der Waals surface area contributed by atoms with E-state index in [0.29, 0.717) is 19.3 Å². The van der Waals surface area contributed by atoms with E-state index in [1.165, 1.54) is 135 Å². The van der Waals surface area contributed by atoms with Crippen LogP contribution in [0.2, 0.25) is 0 Å². The van der Waals surface area contributed by atoms with Gasteiger partial charge in [0.15, 0.2) is 6.10 Å². The Morgan fingerprint density at radius 3 is 1.00 bits per heavy atom. The maximum Gasteiger partial charge on any atom is 0.306 e. The number of carbonyl (C=O) groups is 3. The van der Waals surface area contributed by atoms with Crippen molar-refractivity contribution in [3.8, 4) is 0 Å². The SMILES string of the molecule is CC/C=C\C/C=C\C/C=C\C/C=C\C/C=C\CCCC(=O)OCC(COC(=O)CCCCCCCCCCCCCCCCCCCCC)OC(=O)CCCCCCC\C=C/C=C\C=C/CCCCCCC. The average molecular weight is 1000 g/mol. The Kier molecular flexibility index (Phi) is 56.8. The van der Waals surface area contributed by atoms with Crippen LogP contribution in [0.25, 0.3) is 0 Å². The van der Waals surface area contributed by atoms with Crippen molar-refractivity contribution < 1.29 is 28.6 Å². The van der Waals surface area contributed by atoms with Gasteiger partial charge in [0, 0.05) is 19.3 Å². The molecule has 0 amide bonds. The van der Waals surface area contributed by atoms with Crippen LogP contribution >= 0.6 is 0 Å². The van der Waals surface area contributed by atoms with Crippen molar-refractivity contribution >= 4 is 17.9 Å². The standard InChI is InChI=1S/C66H112O6/c1-4-7-10-13-16-19-22-25-28-31-33-36-38-41-44-47-50-53-56-59-65(68)71-62-63(61-70-64(67)58-55-52-49-46-43-40-37-34-30-27-24-21-18-15-12-9-6-3)72-66(69)60-57-54-51-48-45-42-39-35-32-29-26-23-20-17-14-11-8-5-2/h9,12,18,21,23,26-27,29-30,32,35,37,39-40,46,49,63H,4-8,10-11,13-17,19-20,22,24-25,28,31,33-34,36,38,41-45,47-48,50-62H2,1-3H3/b12-9-,21-18-,26-23-,30-27-,32-29-,39-35-,40-37-,49-46-. The monoisotopic (exact) mass is 1000 g/mol. The Morgan fingerprint density at radius 2 is 0.611 bits per heavy atom. The lowest BCUT2D eigenvalue weighted by atomic mass is 10.0. The third-order valence-corrected chi connectivity index (χ3v) is 12.9. The molecule has 0 aliphatic carbocycles. The minimum absolute atomic E-state index is 0.102. The van der Waals surface area contributed by atoms with Crippen LogP contribution < -0.4 is 0 Å². The molecule has 0 rings (SSSR count). The van der Waals surface area contributed by atoms with Crippen LogP contribution in [0, 0.1) is 0 Å². The minimum Gasteiger partial charge on any atom is -0.462 e. The number of hydrogen-bond acceptors (Lipinski definition) is 6. The summed E-state index contributed by atoms with van der Waals surface area (Å²) in [7, 11) is 0. The lowest BCUT2D eigenvalue weighted by molar-refractivity contribution is -0.167. The fourth-order valence-corrected chi connectivity index (χ4v) is 8.36. The Morgan fingerprint density at radius 1 is 0.306 bits per heavy atom. The number of hydrogen-bond donors (Lipinski definition) is 0. The summed E-state index contributed by atoms with van der Waals surface area (Å²) in [6.07, 6.45) is 79.8. The summed E-state index contributed by atoms with van der Waals surface area (Å²) in [5.41, 5.74) is 0. The highest BCUT2D eigenvalue weighted by Crippen LogP contribution is 2.16. The highest BCUT2D eigenvalue weighted by molar-refractivity contribution is 5.71. The molecule has 0 heterocycles. The number of unbranched alkanes of at least 4 members (excludes halogenated alkanes) is 29. The number of carbonyl (C=O) groups excluding carboxylic acids is 3. The van der Waals surface area contributed by atoms with Crippen LogP contribution in [0.1, 0.15) is 284 Å². The first-order valence-corrected chi connectivity index (χ1v) is 30.3. The largest absolute Gasteiger partial charge is 0.462 e. The van der Waals surface area contributed by atoms with Gasteiger partial charge in [-0.15, -0.1) is 0 Å². The summed E-state index contributed by atoms with van der Waals surface area (Å²) in [5, 5.41) is 0. The van der Waals surface area contributed by atoms with Gasteiger partial charge in [0.2, 0.25) is 0 Å². The van der Waals surface area contributed by atoms with Gasteiger partial charge in [0.25, 0.3) is 0 Å². The predicted molar refractivity (Wildman–Crippen MR) is 311 cm³/mol. The normalized spacial score (nSPS) is 12.8. The molecule has 72 heavy (non-hydrogen) atoms. The molecular formula is C66H112O6. The van der Waals surface area contributed by atoms with Gasteiger partial charge in [-0.1, -0.05) is 279 Å². The second kappa shape index (κ2) is 59.9. The highest BCUT2D eigenvalue weighted by atomic mass is 16.6. The lowest BCUT2D eigenvalue weighted by Crippen LogP contribution is -2.30. The molecule has 0 aliphatic rings. The van der Waals surface area contributed by atoms with Crippen molar-refractivity contribution in [1.29, 1.82) is 0 Å². The van der Waals surface area contributed by atoms with E-state index in [1.54, 1.807) is 0 Å². The molecule has 0 aromatic carbocycles. The molecular weight excluding hydrogens is 889 g/mol. The number of allylic oxidation sites excluding steroid dienone is 16. The first-order valence-electron chi connectivity index (χ1n) is 30.3. The molecule has 6 heteroatoms. The molecule has 0 fully saturated rings. The van der Waals surface area contributed by atoms with Gasteiger partial charge in [-0.25, -0.2) is 0 Å². The molecule has 0 aromatic heterocycles. The molecule has 0 bridgehead atoms. The zero-order chi connectivity index (χ0) is 52.2. The summed E-state index contributed by atoms with van der Waals surface area (Å²) >= 11 is 0. The van der Waals surface area contributed by atoms with Crippen molar-refractivity contribution in [2.24, 2.45) is 0 Å². The highest BCUT2D eigenvalue weighted by Gasteiger charge is 2.19. The summed E-state index contributed by atoms with van der Waals surface area (Å²) in [6, 6.07) is 0. The van der Waals surface area contributed by atoms with Gasteiger partial charge in [0.05, 0.1) is 0 Å². The van der Waals surface area contributed by atoms with Gasteiger partial charge in [-0.2, -0.15) is 0 Å². The van der Waals surface area contributed by atoms with E-state index < -0.39 is 6.10 Å². The van der Waals surface area contributed by atoms with Gasteiger partial charge in [-0.3, -0.25) is 14.4 Å². The third kappa shape index (κ3) is 57.2. The molecule has 1 unspecified atom stereocenters. The van der Waals surface area contributed by atoms with E-state index in [4.69, 9.17) is 14.2 Å². The van der Waals surface area contributed by atoms with Crippen LogP contribution in [0.5, 0.6) is 0 Å². The van der Waals surface area contributed by atoms with E-state index in [9.17, 15) is 14.4 Å². The molecule has 0 radical (unpaired) electrons. The number of esters is 3. The molecule has 0 N–H and O–H groups in total. The zero-order valence-electron chi connectivity index (χ0n) is 47.2. The summed E-state index contributed by atoms with van der Waals surface area (Å²) in [6.45, 7) is 6.47. The van der Waals surface area contributed by atoms with Crippen LogP contribution in [-0.4, -0.2) is 37.2 Å². The Bertz CT molecular complexity index is 1430. The summed E-state index contributed by atoms with van der Waals surface area (Å²) in [5.74, 6) is -0.975. The fourth-order valence-electron chi connectivity index (χ4n) is 8.36. The topological polar surface area (TPSA) is 78.9 Å². The van der Waals surface area contributed by atoms with Crippen LogP contribution in [0.15, 0.2) is 97.2 Å². The van der Waals surface area contributed by atoms with Gasteiger partial charge >= 0.3 is 17.9 Å². The molecule has 0 aliphatic heterocycles. The average Bonchev–Trinajstić information content (AvgIpc) is 3.38. The fraction of sp³-hybridized carbons (Fsp3) is 0.712. The van der Waals surface area contributed by atoms with E-state index in [1.807, 2.05) is 0 Å². The van der Waals surface area contributed by atoms with E-state index in [-0.39, 0.29) is 37.5 Å².